The molecule has 0 bridgehead atoms. The van der Waals surface area contributed by atoms with Gasteiger partial charge in [-0.15, -0.1) is 0 Å². The van der Waals surface area contributed by atoms with Crippen LogP contribution >= 0.6 is 0 Å². The summed E-state index contributed by atoms with van der Waals surface area (Å²) in [5.74, 6) is -1.86. The van der Waals surface area contributed by atoms with Crippen molar-refractivity contribution in [3.63, 3.8) is 0 Å². The SMILES string of the molecule is CC1(C)OC(=O)C2(Cc3ccccc3N3CCC(c4ccccc4)CC32)C(=O)O1. The van der Waals surface area contributed by atoms with Crippen LogP contribution in [0.1, 0.15) is 43.7 Å². The van der Waals surface area contributed by atoms with Crippen molar-refractivity contribution in [3.8, 4) is 0 Å². The standard InChI is InChI=1S/C24H25NO4/c1-23(2)28-21(26)24(22(27)29-23)15-18-10-6-7-11-19(18)25-13-12-17(14-20(24)25)16-8-4-3-5-9-16/h3-11,17,20H,12-15H2,1-2H3. The Balaban J connectivity index is 1.61. The van der Waals surface area contributed by atoms with Crippen LogP contribution in [0.25, 0.3) is 0 Å². The van der Waals surface area contributed by atoms with Gasteiger partial charge in [-0.25, -0.2) is 0 Å². The number of hydrogen-bond donors (Lipinski definition) is 0. The third-order valence-corrected chi connectivity index (χ3v) is 6.62. The number of rotatable bonds is 1. The Morgan fingerprint density at radius 3 is 2.31 bits per heavy atom. The maximum Gasteiger partial charge on any atom is 0.329 e. The lowest BCUT2D eigenvalue weighted by atomic mass is 9.65. The van der Waals surface area contributed by atoms with E-state index < -0.39 is 23.1 Å². The van der Waals surface area contributed by atoms with E-state index in [-0.39, 0.29) is 12.0 Å². The number of carbonyl (C=O) groups is 2. The number of anilines is 1. The molecule has 5 nitrogen and oxygen atoms in total. The normalized spacial score (nSPS) is 26.9. The summed E-state index contributed by atoms with van der Waals surface area (Å²) in [6, 6.07) is 18.1. The van der Waals surface area contributed by atoms with Gasteiger partial charge in [0.05, 0.1) is 6.04 Å². The highest BCUT2D eigenvalue weighted by Gasteiger charge is 2.64. The Morgan fingerprint density at radius 1 is 0.931 bits per heavy atom. The van der Waals surface area contributed by atoms with Crippen LogP contribution in [-0.2, 0) is 25.5 Å². The molecule has 2 saturated heterocycles. The zero-order valence-corrected chi connectivity index (χ0v) is 16.8. The van der Waals surface area contributed by atoms with Crippen molar-refractivity contribution in [2.75, 3.05) is 11.4 Å². The maximum absolute atomic E-state index is 13.4. The minimum atomic E-state index is -1.32. The van der Waals surface area contributed by atoms with Gasteiger partial charge in [0.1, 0.15) is 0 Å². The van der Waals surface area contributed by atoms with Gasteiger partial charge in [-0.2, -0.15) is 0 Å². The van der Waals surface area contributed by atoms with Crippen molar-refractivity contribution in [3.05, 3.63) is 65.7 Å². The summed E-state index contributed by atoms with van der Waals surface area (Å²) in [6.07, 6.45) is 2.00. The number of piperidine rings is 1. The lowest BCUT2D eigenvalue weighted by Crippen LogP contribution is -2.67. The molecular weight excluding hydrogens is 366 g/mol. The summed E-state index contributed by atoms with van der Waals surface area (Å²) < 4.78 is 11.3. The van der Waals surface area contributed by atoms with Gasteiger partial charge in [0.15, 0.2) is 5.41 Å². The van der Waals surface area contributed by atoms with Gasteiger partial charge in [0.25, 0.3) is 5.79 Å². The molecular formula is C24H25NO4. The Morgan fingerprint density at radius 2 is 1.59 bits per heavy atom. The van der Waals surface area contributed by atoms with Crippen LogP contribution in [0.15, 0.2) is 54.6 Å². The highest BCUT2D eigenvalue weighted by atomic mass is 16.7. The molecule has 2 atom stereocenters. The van der Waals surface area contributed by atoms with Gasteiger partial charge < -0.3 is 14.4 Å². The van der Waals surface area contributed by atoms with Gasteiger partial charge in [-0.1, -0.05) is 48.5 Å². The molecule has 2 aromatic rings. The largest absolute Gasteiger partial charge is 0.422 e. The van der Waals surface area contributed by atoms with E-state index in [0.29, 0.717) is 12.8 Å². The summed E-state index contributed by atoms with van der Waals surface area (Å²) in [5, 5.41) is 0. The van der Waals surface area contributed by atoms with Crippen molar-refractivity contribution >= 4 is 17.6 Å². The van der Waals surface area contributed by atoms with Gasteiger partial charge in [-0.3, -0.25) is 9.59 Å². The van der Waals surface area contributed by atoms with E-state index in [1.54, 1.807) is 13.8 Å². The minimum absolute atomic E-state index is 0.285. The summed E-state index contributed by atoms with van der Waals surface area (Å²) >= 11 is 0. The van der Waals surface area contributed by atoms with Crippen LogP contribution in [0.4, 0.5) is 5.69 Å². The van der Waals surface area contributed by atoms with E-state index in [1.807, 2.05) is 36.4 Å². The highest BCUT2D eigenvalue weighted by molar-refractivity contribution is 6.04. The average molecular weight is 391 g/mol. The number of para-hydroxylation sites is 1. The monoisotopic (exact) mass is 391 g/mol. The van der Waals surface area contributed by atoms with Crippen molar-refractivity contribution in [2.24, 2.45) is 5.41 Å². The quantitative estimate of drug-likeness (QED) is 0.546. The Labute approximate surface area is 170 Å². The number of fused-ring (bicyclic) bond motifs is 4. The molecule has 1 spiro atoms. The number of hydrogen-bond acceptors (Lipinski definition) is 5. The lowest BCUT2D eigenvalue weighted by Gasteiger charge is -2.54. The number of carbonyl (C=O) groups excluding carboxylic acids is 2. The van der Waals surface area contributed by atoms with Gasteiger partial charge in [0, 0.05) is 32.5 Å². The van der Waals surface area contributed by atoms with Crippen molar-refractivity contribution < 1.29 is 19.1 Å². The third kappa shape index (κ3) is 2.75. The molecule has 2 aromatic carbocycles. The summed E-state index contributed by atoms with van der Waals surface area (Å²) in [7, 11) is 0. The topological polar surface area (TPSA) is 55.8 Å². The number of esters is 2. The highest BCUT2D eigenvalue weighted by Crippen LogP contribution is 2.51. The minimum Gasteiger partial charge on any atom is -0.422 e. The van der Waals surface area contributed by atoms with Crippen molar-refractivity contribution in [2.45, 2.75) is 50.9 Å². The first-order valence-corrected chi connectivity index (χ1v) is 10.3. The molecule has 0 aliphatic carbocycles. The van der Waals surface area contributed by atoms with Crippen molar-refractivity contribution in [1.82, 2.24) is 0 Å². The van der Waals surface area contributed by atoms with E-state index in [9.17, 15) is 9.59 Å². The smallest absolute Gasteiger partial charge is 0.329 e. The second-order valence-electron chi connectivity index (χ2n) is 8.80. The average Bonchev–Trinajstić information content (AvgIpc) is 2.71. The van der Waals surface area contributed by atoms with Crippen LogP contribution in [0, 0.1) is 5.41 Å². The zero-order chi connectivity index (χ0) is 20.2. The predicted molar refractivity (Wildman–Crippen MR) is 108 cm³/mol. The van der Waals surface area contributed by atoms with Crippen LogP contribution < -0.4 is 4.90 Å². The molecule has 0 aromatic heterocycles. The Kier molecular flexibility index (Phi) is 3.99. The Bertz CT molecular complexity index is 948. The fraction of sp³-hybridized carbons (Fsp3) is 0.417. The maximum atomic E-state index is 13.4. The molecule has 2 fully saturated rings. The van der Waals surface area contributed by atoms with Gasteiger partial charge in [-0.05, 0) is 36.0 Å². The molecule has 0 amide bonds. The second-order valence-corrected chi connectivity index (χ2v) is 8.80. The van der Waals surface area contributed by atoms with E-state index >= 15 is 0 Å². The van der Waals surface area contributed by atoms with E-state index in [1.165, 1.54) is 5.56 Å². The first-order chi connectivity index (χ1) is 13.9. The van der Waals surface area contributed by atoms with E-state index in [4.69, 9.17) is 9.47 Å². The molecule has 3 aliphatic heterocycles. The fourth-order valence-corrected chi connectivity index (χ4v) is 5.26. The molecule has 2 unspecified atom stereocenters. The summed E-state index contributed by atoms with van der Waals surface area (Å²) in [6.45, 7) is 4.00. The van der Waals surface area contributed by atoms with E-state index in [2.05, 4.69) is 23.1 Å². The first kappa shape index (κ1) is 18.2. The molecule has 3 aliphatic rings. The zero-order valence-electron chi connectivity index (χ0n) is 16.8. The summed E-state index contributed by atoms with van der Waals surface area (Å²) in [5.41, 5.74) is 2.03. The molecule has 150 valence electrons. The molecule has 29 heavy (non-hydrogen) atoms. The molecule has 3 heterocycles. The number of ether oxygens (including phenoxy) is 2. The third-order valence-electron chi connectivity index (χ3n) is 6.62. The molecule has 0 saturated carbocycles. The van der Waals surface area contributed by atoms with Crippen LogP contribution in [0.5, 0.6) is 0 Å². The number of benzene rings is 2. The van der Waals surface area contributed by atoms with Crippen molar-refractivity contribution in [1.29, 1.82) is 0 Å². The second kappa shape index (κ2) is 6.34. The van der Waals surface area contributed by atoms with Crippen LogP contribution in [0.2, 0.25) is 0 Å². The van der Waals surface area contributed by atoms with Crippen LogP contribution in [-0.4, -0.2) is 30.3 Å². The molecule has 0 radical (unpaired) electrons. The number of cyclic esters (lactones) is 2. The molecule has 0 N–H and O–H groups in total. The Hall–Kier alpha value is -2.82. The van der Waals surface area contributed by atoms with Gasteiger partial charge in [0.2, 0.25) is 0 Å². The summed E-state index contributed by atoms with van der Waals surface area (Å²) in [4.78, 5) is 28.9. The van der Waals surface area contributed by atoms with E-state index in [0.717, 1.165) is 24.2 Å². The predicted octanol–water partition coefficient (Wildman–Crippen LogP) is 3.82. The van der Waals surface area contributed by atoms with Gasteiger partial charge >= 0.3 is 11.9 Å². The lowest BCUT2D eigenvalue weighted by molar-refractivity contribution is -0.253. The molecule has 5 heteroatoms. The fourth-order valence-electron chi connectivity index (χ4n) is 5.26. The molecule has 5 rings (SSSR count). The van der Waals surface area contributed by atoms with Crippen LogP contribution in [0.3, 0.4) is 0 Å². The number of nitrogens with zero attached hydrogens (tertiary/aromatic N) is 1. The first-order valence-electron chi connectivity index (χ1n) is 10.3.